The van der Waals surface area contributed by atoms with Crippen LogP contribution >= 0.6 is 11.3 Å². The van der Waals surface area contributed by atoms with Crippen LogP contribution < -0.4 is 10.3 Å². The zero-order valence-electron chi connectivity index (χ0n) is 18.5. The van der Waals surface area contributed by atoms with E-state index in [1.807, 2.05) is 0 Å². The van der Waals surface area contributed by atoms with Crippen molar-refractivity contribution in [2.24, 2.45) is 0 Å². The van der Waals surface area contributed by atoms with Crippen LogP contribution in [0.3, 0.4) is 0 Å². The molecule has 2 aromatic carbocycles. The van der Waals surface area contributed by atoms with Gasteiger partial charge in [-0.2, -0.15) is 0 Å². The highest BCUT2D eigenvalue weighted by molar-refractivity contribution is 7.23. The number of H-pyrrole nitrogens is 1. The second-order valence-electron chi connectivity index (χ2n) is 7.84. The lowest BCUT2D eigenvalue weighted by Crippen LogP contribution is -2.04. The summed E-state index contributed by atoms with van der Waals surface area (Å²) in [5.74, 6) is -0.702. The second-order valence-corrected chi connectivity index (χ2v) is 8.89. The van der Waals surface area contributed by atoms with Crippen LogP contribution in [0.25, 0.3) is 31.7 Å². The third kappa shape index (κ3) is 4.15. The number of aromatic nitrogens is 3. The number of rotatable bonds is 5. The molecule has 0 atom stereocenters. The summed E-state index contributed by atoms with van der Waals surface area (Å²) >= 11 is 1.37. The van der Waals surface area contributed by atoms with Gasteiger partial charge in [0.1, 0.15) is 0 Å². The molecule has 0 radical (unpaired) electrons. The molecule has 10 heteroatoms. The fraction of sp³-hybridized carbons (Fsp3) is 0.0800. The number of non-ortho nitro benzene ring substituents is 1. The van der Waals surface area contributed by atoms with Gasteiger partial charge in [-0.3, -0.25) is 14.9 Å². The Bertz CT molecular complexity index is 1680. The lowest BCUT2D eigenvalue weighted by Gasteiger charge is -2.10. The number of benzene rings is 2. The Kier molecular flexibility index (Phi) is 5.58. The van der Waals surface area contributed by atoms with Crippen LogP contribution in [-0.4, -0.2) is 19.9 Å². The molecule has 0 bridgehead atoms. The number of hydrogen-bond donors (Lipinski definition) is 1. The number of aromatic amines is 1. The van der Waals surface area contributed by atoms with Crippen molar-refractivity contribution in [2.75, 3.05) is 0 Å². The van der Waals surface area contributed by atoms with E-state index in [0.717, 1.165) is 5.56 Å². The molecule has 3 heterocycles. The number of aryl methyl sites for hydroxylation is 2. The summed E-state index contributed by atoms with van der Waals surface area (Å²) in [5, 5.41) is 11.6. The molecule has 5 rings (SSSR count). The molecule has 0 amide bonds. The van der Waals surface area contributed by atoms with Gasteiger partial charge >= 0.3 is 6.01 Å². The number of hydrogen-bond acceptors (Lipinski definition) is 7. The Morgan fingerprint density at radius 3 is 2.66 bits per heavy atom. The average molecular weight is 489 g/mol. The van der Waals surface area contributed by atoms with Gasteiger partial charge in [-0.15, -0.1) is 11.3 Å². The lowest BCUT2D eigenvalue weighted by molar-refractivity contribution is -0.384. The van der Waals surface area contributed by atoms with E-state index >= 15 is 4.39 Å². The van der Waals surface area contributed by atoms with Crippen molar-refractivity contribution in [1.29, 1.82) is 0 Å². The topological polar surface area (TPSA) is 111 Å². The van der Waals surface area contributed by atoms with E-state index in [2.05, 4.69) is 15.0 Å². The maximum atomic E-state index is 15.1. The minimum Gasteiger partial charge on any atom is -0.421 e. The molecule has 8 nitrogen and oxygen atoms in total. The molecule has 0 saturated heterocycles. The Labute approximate surface area is 201 Å². The number of ether oxygens (including phenoxy) is 1. The van der Waals surface area contributed by atoms with Gasteiger partial charge in [-0.05, 0) is 60.9 Å². The van der Waals surface area contributed by atoms with Gasteiger partial charge < -0.3 is 9.72 Å². The lowest BCUT2D eigenvalue weighted by atomic mass is 9.97. The molecule has 5 aromatic rings. The van der Waals surface area contributed by atoms with Crippen LogP contribution in [0.4, 0.5) is 10.1 Å². The van der Waals surface area contributed by atoms with Crippen LogP contribution in [0.15, 0.2) is 65.7 Å². The number of nitro groups is 1. The third-order valence-electron chi connectivity index (χ3n) is 5.47. The molecule has 3 aromatic heterocycles. The Balaban J connectivity index is 1.67. The molecule has 0 aliphatic heterocycles. The maximum Gasteiger partial charge on any atom is 0.322 e. The zero-order chi connectivity index (χ0) is 24.7. The summed E-state index contributed by atoms with van der Waals surface area (Å²) in [6.45, 7) is 3.54. The van der Waals surface area contributed by atoms with Crippen molar-refractivity contribution in [3.63, 3.8) is 0 Å². The van der Waals surface area contributed by atoms with Gasteiger partial charge in [0.25, 0.3) is 11.2 Å². The minimum atomic E-state index is -0.648. The number of nitro benzene ring substituents is 1. The first-order valence-electron chi connectivity index (χ1n) is 10.5. The summed E-state index contributed by atoms with van der Waals surface area (Å²) in [7, 11) is 0. The summed E-state index contributed by atoms with van der Waals surface area (Å²) < 4.78 is 21.4. The number of nitrogens with one attached hydrogen (secondary N) is 1. The standard InChI is InChI=1S/C25H17FN4O4S/c1-13-11-16(30(32)33)4-5-17(13)23-21(22-20(35-23)8-10-27-24(22)31)15-3-6-19(18(26)12-15)34-25-28-9-7-14(2)29-25/h3-12H,1-2H3,(H,27,31). The Morgan fingerprint density at radius 1 is 1.11 bits per heavy atom. The quantitative estimate of drug-likeness (QED) is 0.234. The van der Waals surface area contributed by atoms with E-state index in [1.165, 1.54) is 41.8 Å². The summed E-state index contributed by atoms with van der Waals surface area (Å²) in [6.07, 6.45) is 3.07. The van der Waals surface area contributed by atoms with Crippen molar-refractivity contribution in [2.45, 2.75) is 13.8 Å². The molecule has 35 heavy (non-hydrogen) atoms. The fourth-order valence-corrected chi connectivity index (χ4v) is 5.16. The second kappa shape index (κ2) is 8.73. The smallest absolute Gasteiger partial charge is 0.322 e. The first kappa shape index (κ1) is 22.4. The van der Waals surface area contributed by atoms with Gasteiger partial charge in [0.15, 0.2) is 11.6 Å². The maximum absolute atomic E-state index is 15.1. The number of fused-ring (bicyclic) bond motifs is 1. The Morgan fingerprint density at radius 2 is 1.94 bits per heavy atom. The molecule has 0 aliphatic rings. The first-order chi connectivity index (χ1) is 16.8. The van der Waals surface area contributed by atoms with Gasteiger partial charge in [-0.1, -0.05) is 6.07 Å². The van der Waals surface area contributed by atoms with Crippen molar-refractivity contribution >= 4 is 27.1 Å². The summed E-state index contributed by atoms with van der Waals surface area (Å²) in [6, 6.07) is 12.5. The molecule has 174 valence electrons. The average Bonchev–Trinajstić information content (AvgIpc) is 3.21. The highest BCUT2D eigenvalue weighted by Crippen LogP contribution is 2.45. The van der Waals surface area contributed by atoms with Gasteiger partial charge in [-0.25, -0.2) is 14.4 Å². The van der Waals surface area contributed by atoms with E-state index in [4.69, 9.17) is 4.74 Å². The number of nitrogens with zero attached hydrogens (tertiary/aromatic N) is 3. The molecule has 0 saturated carbocycles. The number of halogens is 1. The monoisotopic (exact) mass is 488 g/mol. The van der Waals surface area contributed by atoms with Gasteiger partial charge in [0, 0.05) is 45.4 Å². The van der Waals surface area contributed by atoms with E-state index in [9.17, 15) is 14.9 Å². The van der Waals surface area contributed by atoms with Crippen molar-refractivity contribution < 1.29 is 14.1 Å². The predicted molar refractivity (Wildman–Crippen MR) is 132 cm³/mol. The molecule has 0 spiro atoms. The molecule has 1 N–H and O–H groups in total. The zero-order valence-corrected chi connectivity index (χ0v) is 19.4. The van der Waals surface area contributed by atoms with E-state index < -0.39 is 10.7 Å². The van der Waals surface area contributed by atoms with Crippen molar-refractivity contribution in [1.82, 2.24) is 15.0 Å². The van der Waals surface area contributed by atoms with Crippen LogP contribution in [-0.2, 0) is 0 Å². The Hall–Kier alpha value is -4.44. The predicted octanol–water partition coefficient (Wildman–Crippen LogP) is 6.17. The molecule has 0 fully saturated rings. The largest absolute Gasteiger partial charge is 0.421 e. The van der Waals surface area contributed by atoms with Crippen molar-refractivity contribution in [3.05, 3.63) is 98.5 Å². The fourth-order valence-electron chi connectivity index (χ4n) is 3.85. The summed E-state index contributed by atoms with van der Waals surface area (Å²) in [4.78, 5) is 35.0. The third-order valence-corrected chi connectivity index (χ3v) is 6.66. The SMILES string of the molecule is Cc1ccnc(Oc2ccc(-c3c(-c4ccc([N+](=O)[O-])cc4C)sc4cc[nH]c(=O)c34)cc2F)n1. The molecule has 0 unspecified atom stereocenters. The summed E-state index contributed by atoms with van der Waals surface area (Å²) in [5.41, 5.74) is 2.74. The van der Waals surface area contributed by atoms with Crippen LogP contribution in [0.2, 0.25) is 0 Å². The van der Waals surface area contributed by atoms with Crippen LogP contribution in [0.5, 0.6) is 11.8 Å². The molecular weight excluding hydrogens is 471 g/mol. The van der Waals surface area contributed by atoms with E-state index in [-0.39, 0.29) is 23.0 Å². The minimum absolute atomic E-state index is 0.0243. The molecular formula is C25H17FN4O4S. The van der Waals surface area contributed by atoms with E-state index in [1.54, 1.807) is 44.3 Å². The van der Waals surface area contributed by atoms with Gasteiger partial charge in [0.05, 0.1) is 10.3 Å². The van der Waals surface area contributed by atoms with Crippen LogP contribution in [0, 0.1) is 29.8 Å². The normalized spacial score (nSPS) is 11.1. The number of thiophene rings is 1. The highest BCUT2D eigenvalue weighted by Gasteiger charge is 2.22. The highest BCUT2D eigenvalue weighted by atomic mass is 32.1. The van der Waals surface area contributed by atoms with Gasteiger partial charge in [0.2, 0.25) is 0 Å². The molecule has 0 aliphatic carbocycles. The first-order valence-corrected chi connectivity index (χ1v) is 11.3. The van der Waals surface area contributed by atoms with Crippen molar-refractivity contribution in [3.8, 4) is 33.3 Å². The number of pyridine rings is 1. The van der Waals surface area contributed by atoms with E-state index in [0.29, 0.717) is 37.3 Å². The van der Waals surface area contributed by atoms with Crippen LogP contribution in [0.1, 0.15) is 11.3 Å².